The number of aryl methyl sites for hydroxylation is 1. The van der Waals surface area contributed by atoms with E-state index in [4.69, 9.17) is 9.97 Å². The molecule has 1 aromatic heterocycles. The molecule has 1 fully saturated rings. The average molecular weight is 353 g/mol. The van der Waals surface area contributed by atoms with Crippen molar-refractivity contribution in [1.29, 1.82) is 0 Å². The van der Waals surface area contributed by atoms with E-state index in [1.54, 1.807) is 0 Å². The van der Waals surface area contributed by atoms with Crippen LogP contribution in [0.4, 0.5) is 11.8 Å². The van der Waals surface area contributed by atoms with Crippen LogP contribution in [0, 0.1) is 0 Å². The zero-order valence-corrected chi connectivity index (χ0v) is 15.4. The van der Waals surface area contributed by atoms with Gasteiger partial charge in [-0.05, 0) is 32.7 Å². The maximum Gasteiger partial charge on any atom is 0.227 e. The molecule has 2 heterocycles. The summed E-state index contributed by atoms with van der Waals surface area (Å²) in [5, 5.41) is 3.25. The summed E-state index contributed by atoms with van der Waals surface area (Å²) >= 11 is 0. The number of rotatable bonds is 5. The molecule has 0 saturated carbocycles. The third-order valence-corrected chi connectivity index (χ3v) is 5.67. The normalized spacial score (nSPS) is 19.2. The second-order valence-corrected chi connectivity index (χ2v) is 9.11. The molecule has 1 aliphatic carbocycles. The number of aromatic nitrogens is 2. The van der Waals surface area contributed by atoms with E-state index >= 15 is 0 Å². The lowest BCUT2D eigenvalue weighted by Crippen LogP contribution is -2.45. The maximum absolute atomic E-state index is 11.4. The summed E-state index contributed by atoms with van der Waals surface area (Å²) in [6.45, 7) is 4.27. The quantitative estimate of drug-likeness (QED) is 0.829. The summed E-state index contributed by atoms with van der Waals surface area (Å²) in [7, 11) is -0.846. The van der Waals surface area contributed by atoms with Gasteiger partial charge in [0.05, 0.1) is 11.4 Å². The standard InChI is InChI=1S/C16H27N5O2S/c1-20-8-10-21(11-9-20)16-18-14-6-4-3-5-13(14)15(19-16)17-7-12-24(2,22)23/h3-12H2,1-2H3,(H,17,18,19). The summed E-state index contributed by atoms with van der Waals surface area (Å²) in [5.41, 5.74) is 2.31. The molecule has 0 unspecified atom stereocenters. The lowest BCUT2D eigenvalue weighted by atomic mass is 9.96. The summed E-state index contributed by atoms with van der Waals surface area (Å²) in [5.74, 6) is 1.73. The van der Waals surface area contributed by atoms with Gasteiger partial charge in [-0.25, -0.2) is 13.4 Å². The van der Waals surface area contributed by atoms with Gasteiger partial charge < -0.3 is 15.1 Å². The van der Waals surface area contributed by atoms with Crippen LogP contribution < -0.4 is 10.2 Å². The first kappa shape index (κ1) is 17.4. The van der Waals surface area contributed by atoms with E-state index in [1.165, 1.54) is 11.8 Å². The lowest BCUT2D eigenvalue weighted by Gasteiger charge is -2.33. The molecule has 1 saturated heterocycles. The SMILES string of the molecule is CN1CCN(c2nc3c(c(NCCS(C)(=O)=O)n2)CCCC3)CC1. The third-order valence-electron chi connectivity index (χ3n) is 4.72. The van der Waals surface area contributed by atoms with Crippen molar-refractivity contribution in [3.63, 3.8) is 0 Å². The van der Waals surface area contributed by atoms with E-state index in [-0.39, 0.29) is 5.75 Å². The number of sulfone groups is 1. The summed E-state index contributed by atoms with van der Waals surface area (Å²) in [6, 6.07) is 0. The van der Waals surface area contributed by atoms with E-state index in [0.717, 1.165) is 69.3 Å². The van der Waals surface area contributed by atoms with Crippen LogP contribution >= 0.6 is 0 Å². The monoisotopic (exact) mass is 353 g/mol. The molecule has 0 amide bonds. The van der Waals surface area contributed by atoms with E-state index < -0.39 is 9.84 Å². The van der Waals surface area contributed by atoms with Gasteiger partial charge in [0.25, 0.3) is 0 Å². The number of nitrogens with zero attached hydrogens (tertiary/aromatic N) is 4. The van der Waals surface area contributed by atoms with Gasteiger partial charge in [0, 0.05) is 44.5 Å². The Labute approximate surface area is 144 Å². The number of hydrogen-bond acceptors (Lipinski definition) is 7. The Morgan fingerprint density at radius 2 is 1.79 bits per heavy atom. The number of nitrogens with one attached hydrogen (secondary N) is 1. The molecule has 7 nitrogen and oxygen atoms in total. The Morgan fingerprint density at radius 1 is 1.08 bits per heavy atom. The number of likely N-dealkylation sites (N-methyl/N-ethyl adjacent to an activating group) is 1. The highest BCUT2D eigenvalue weighted by atomic mass is 32.2. The highest BCUT2D eigenvalue weighted by molar-refractivity contribution is 7.90. The van der Waals surface area contributed by atoms with Gasteiger partial charge in [-0.15, -0.1) is 0 Å². The molecular weight excluding hydrogens is 326 g/mol. The molecule has 0 spiro atoms. The Bertz CT molecular complexity index is 684. The van der Waals surface area contributed by atoms with Gasteiger partial charge in [0.2, 0.25) is 5.95 Å². The van der Waals surface area contributed by atoms with Gasteiger partial charge >= 0.3 is 0 Å². The van der Waals surface area contributed by atoms with Crippen LogP contribution in [0.3, 0.4) is 0 Å². The molecule has 0 aromatic carbocycles. The van der Waals surface area contributed by atoms with Crippen molar-refractivity contribution in [2.24, 2.45) is 0 Å². The summed E-state index contributed by atoms with van der Waals surface area (Å²) in [4.78, 5) is 14.1. The van der Waals surface area contributed by atoms with Gasteiger partial charge in [-0.2, -0.15) is 4.98 Å². The first-order valence-corrected chi connectivity index (χ1v) is 10.7. The fourth-order valence-electron chi connectivity index (χ4n) is 3.23. The van der Waals surface area contributed by atoms with Crippen molar-refractivity contribution in [2.45, 2.75) is 25.7 Å². The fraction of sp³-hybridized carbons (Fsp3) is 0.750. The van der Waals surface area contributed by atoms with Gasteiger partial charge in [-0.1, -0.05) is 0 Å². The van der Waals surface area contributed by atoms with Crippen LogP contribution in [0.1, 0.15) is 24.1 Å². The number of anilines is 2. The first-order chi connectivity index (χ1) is 11.4. The van der Waals surface area contributed by atoms with Crippen molar-refractivity contribution < 1.29 is 8.42 Å². The molecule has 0 atom stereocenters. The van der Waals surface area contributed by atoms with E-state index in [9.17, 15) is 8.42 Å². The largest absolute Gasteiger partial charge is 0.369 e. The molecular formula is C16H27N5O2S. The molecule has 1 aromatic rings. The van der Waals surface area contributed by atoms with Crippen LogP contribution in [-0.2, 0) is 22.7 Å². The molecule has 3 rings (SSSR count). The minimum atomic E-state index is -2.97. The summed E-state index contributed by atoms with van der Waals surface area (Å²) < 4.78 is 22.7. The highest BCUT2D eigenvalue weighted by Crippen LogP contribution is 2.28. The first-order valence-electron chi connectivity index (χ1n) is 8.67. The smallest absolute Gasteiger partial charge is 0.227 e. The van der Waals surface area contributed by atoms with Crippen molar-refractivity contribution in [3.05, 3.63) is 11.3 Å². The van der Waals surface area contributed by atoms with Crippen LogP contribution in [0.2, 0.25) is 0 Å². The molecule has 2 aliphatic rings. The second kappa shape index (κ2) is 7.23. The average Bonchev–Trinajstić information content (AvgIpc) is 2.54. The minimum absolute atomic E-state index is 0.121. The molecule has 1 aliphatic heterocycles. The lowest BCUT2D eigenvalue weighted by molar-refractivity contribution is 0.311. The van der Waals surface area contributed by atoms with E-state index in [0.29, 0.717) is 6.54 Å². The second-order valence-electron chi connectivity index (χ2n) is 6.85. The molecule has 0 bridgehead atoms. The Hall–Kier alpha value is -1.41. The predicted octanol–water partition coefficient (Wildman–Crippen LogP) is 0.564. The molecule has 0 radical (unpaired) electrons. The van der Waals surface area contributed by atoms with Crippen LogP contribution in [0.15, 0.2) is 0 Å². The Balaban J connectivity index is 1.81. The fourth-order valence-corrected chi connectivity index (χ4v) is 3.70. The molecule has 134 valence electrons. The minimum Gasteiger partial charge on any atom is -0.369 e. The molecule has 8 heteroatoms. The van der Waals surface area contributed by atoms with E-state index in [2.05, 4.69) is 22.2 Å². The number of fused-ring (bicyclic) bond motifs is 1. The van der Waals surface area contributed by atoms with Gasteiger partial charge in [-0.3, -0.25) is 0 Å². The predicted molar refractivity (Wildman–Crippen MR) is 96.6 cm³/mol. The zero-order chi connectivity index (χ0) is 17.2. The Morgan fingerprint density at radius 3 is 2.50 bits per heavy atom. The van der Waals surface area contributed by atoms with Crippen molar-refractivity contribution in [1.82, 2.24) is 14.9 Å². The molecule has 1 N–H and O–H groups in total. The van der Waals surface area contributed by atoms with Crippen LogP contribution in [0.5, 0.6) is 0 Å². The number of hydrogen-bond donors (Lipinski definition) is 1. The summed E-state index contributed by atoms with van der Waals surface area (Å²) in [6.07, 6.45) is 5.53. The van der Waals surface area contributed by atoms with Gasteiger partial charge in [0.15, 0.2) is 0 Å². The van der Waals surface area contributed by atoms with Crippen LogP contribution in [0.25, 0.3) is 0 Å². The van der Waals surface area contributed by atoms with Crippen molar-refractivity contribution in [2.75, 3.05) is 62.0 Å². The van der Waals surface area contributed by atoms with Crippen LogP contribution in [-0.4, -0.2) is 75.1 Å². The molecule has 24 heavy (non-hydrogen) atoms. The van der Waals surface area contributed by atoms with Crippen molar-refractivity contribution >= 4 is 21.6 Å². The van der Waals surface area contributed by atoms with Gasteiger partial charge in [0.1, 0.15) is 15.7 Å². The zero-order valence-electron chi connectivity index (χ0n) is 14.6. The Kier molecular flexibility index (Phi) is 5.24. The maximum atomic E-state index is 11.4. The topological polar surface area (TPSA) is 78.4 Å². The third kappa shape index (κ3) is 4.36. The number of piperazine rings is 1. The highest BCUT2D eigenvalue weighted by Gasteiger charge is 2.22. The van der Waals surface area contributed by atoms with Crippen molar-refractivity contribution in [3.8, 4) is 0 Å². The van der Waals surface area contributed by atoms with E-state index in [1.807, 2.05) is 0 Å².